The van der Waals surface area contributed by atoms with Crippen molar-refractivity contribution in [1.29, 1.82) is 0 Å². The zero-order valence-corrected chi connectivity index (χ0v) is 12.7. The lowest BCUT2D eigenvalue weighted by atomic mass is 10.1. The first-order valence-electron chi connectivity index (χ1n) is 6.52. The van der Waals surface area contributed by atoms with E-state index in [1.165, 1.54) is 6.92 Å². The van der Waals surface area contributed by atoms with Gasteiger partial charge in [-0.1, -0.05) is 6.92 Å². The average molecular weight is 320 g/mol. The summed E-state index contributed by atoms with van der Waals surface area (Å²) in [4.78, 5) is 11.7. The molecule has 118 valence electrons. The molecule has 8 heteroatoms. The van der Waals surface area contributed by atoms with Crippen molar-refractivity contribution in [2.75, 3.05) is 29.9 Å². The van der Waals surface area contributed by atoms with E-state index in [0.717, 1.165) is 12.1 Å². The molecule has 1 amide bonds. The number of anilines is 1. The minimum atomic E-state index is -3.20. The Morgan fingerprint density at radius 2 is 1.76 bits per heavy atom. The van der Waals surface area contributed by atoms with Crippen LogP contribution in [0.4, 0.5) is 14.5 Å². The number of carbonyl (C=O) groups excluding carboxylic acids is 1. The van der Waals surface area contributed by atoms with Crippen LogP contribution in [-0.2, 0) is 9.84 Å². The number of hydrogen-bond donors (Lipinski definition) is 2. The van der Waals surface area contributed by atoms with Crippen molar-refractivity contribution in [3.8, 4) is 0 Å². The van der Waals surface area contributed by atoms with Gasteiger partial charge in [-0.2, -0.15) is 0 Å². The molecule has 0 unspecified atom stereocenters. The molecule has 0 atom stereocenters. The molecular formula is C13H18F2N2O3S. The molecule has 0 radical (unpaired) electrons. The Labute approximate surface area is 122 Å². The summed E-state index contributed by atoms with van der Waals surface area (Å²) in [7, 11) is -3.20. The Morgan fingerprint density at radius 1 is 1.19 bits per heavy atom. The number of rotatable bonds is 7. The van der Waals surface area contributed by atoms with Crippen LogP contribution in [0.5, 0.6) is 0 Å². The lowest BCUT2D eigenvalue weighted by Gasteiger charge is -2.09. The van der Waals surface area contributed by atoms with Crippen LogP contribution >= 0.6 is 0 Å². The highest BCUT2D eigenvalue weighted by Crippen LogP contribution is 2.20. The fourth-order valence-electron chi connectivity index (χ4n) is 1.62. The van der Waals surface area contributed by atoms with Gasteiger partial charge >= 0.3 is 0 Å². The summed E-state index contributed by atoms with van der Waals surface area (Å²) < 4.78 is 49.8. The van der Waals surface area contributed by atoms with Crippen molar-refractivity contribution in [2.24, 2.45) is 0 Å². The molecule has 2 N–H and O–H groups in total. The van der Waals surface area contributed by atoms with Crippen LogP contribution in [0.2, 0.25) is 0 Å². The first kappa shape index (κ1) is 17.4. The molecule has 0 aliphatic rings. The number of amides is 1. The molecule has 5 nitrogen and oxygen atoms in total. The van der Waals surface area contributed by atoms with Crippen molar-refractivity contribution in [3.05, 3.63) is 29.3 Å². The normalized spacial score (nSPS) is 11.2. The van der Waals surface area contributed by atoms with E-state index in [2.05, 4.69) is 10.6 Å². The van der Waals surface area contributed by atoms with Crippen LogP contribution < -0.4 is 10.6 Å². The minimum absolute atomic E-state index is 0.0243. The summed E-state index contributed by atoms with van der Waals surface area (Å²) in [6.45, 7) is 3.43. The number of hydrogen-bond acceptors (Lipinski definition) is 4. The van der Waals surface area contributed by atoms with Gasteiger partial charge in [-0.25, -0.2) is 17.2 Å². The SMILES string of the molecule is CCNc1c(F)cc(C(=O)NCCS(=O)(=O)CC)cc1F. The smallest absolute Gasteiger partial charge is 0.251 e. The first-order valence-corrected chi connectivity index (χ1v) is 8.34. The van der Waals surface area contributed by atoms with E-state index in [4.69, 9.17) is 0 Å². The molecule has 0 aromatic heterocycles. The number of nitrogens with one attached hydrogen (secondary N) is 2. The summed E-state index contributed by atoms with van der Waals surface area (Å²) in [6.07, 6.45) is 0. The molecule has 0 aliphatic heterocycles. The Bertz CT molecular complexity index is 595. The summed E-state index contributed by atoms with van der Waals surface area (Å²) in [5.41, 5.74) is -0.483. The lowest BCUT2D eigenvalue weighted by Crippen LogP contribution is -2.29. The van der Waals surface area contributed by atoms with Gasteiger partial charge in [0.25, 0.3) is 5.91 Å². The third-order valence-electron chi connectivity index (χ3n) is 2.80. The fraction of sp³-hybridized carbons (Fsp3) is 0.462. The van der Waals surface area contributed by atoms with Crippen LogP contribution in [-0.4, -0.2) is 38.9 Å². The van der Waals surface area contributed by atoms with E-state index < -0.39 is 27.4 Å². The third-order valence-corrected chi connectivity index (χ3v) is 4.50. The average Bonchev–Trinajstić information content (AvgIpc) is 2.42. The molecule has 0 saturated carbocycles. The molecule has 1 aromatic carbocycles. The van der Waals surface area contributed by atoms with Gasteiger partial charge in [0.1, 0.15) is 17.3 Å². The summed E-state index contributed by atoms with van der Waals surface area (Å²) in [5.74, 6) is -2.70. The van der Waals surface area contributed by atoms with E-state index in [0.29, 0.717) is 6.54 Å². The Morgan fingerprint density at radius 3 is 2.24 bits per heavy atom. The molecule has 0 aliphatic carbocycles. The van der Waals surface area contributed by atoms with Crippen LogP contribution in [0.1, 0.15) is 24.2 Å². The zero-order chi connectivity index (χ0) is 16.0. The second-order valence-electron chi connectivity index (χ2n) is 4.34. The molecule has 1 rings (SSSR count). The van der Waals surface area contributed by atoms with Crippen molar-refractivity contribution in [1.82, 2.24) is 5.32 Å². The number of halogens is 2. The van der Waals surface area contributed by atoms with Gasteiger partial charge in [-0.3, -0.25) is 4.79 Å². The van der Waals surface area contributed by atoms with E-state index in [9.17, 15) is 22.0 Å². The standard InChI is InChI=1S/C13H18F2N2O3S/c1-3-16-12-10(14)7-9(8-11(12)15)13(18)17-5-6-21(19,20)4-2/h7-8,16H,3-6H2,1-2H3,(H,17,18). The van der Waals surface area contributed by atoms with Gasteiger partial charge in [-0.05, 0) is 19.1 Å². The highest BCUT2D eigenvalue weighted by Gasteiger charge is 2.15. The highest BCUT2D eigenvalue weighted by atomic mass is 32.2. The van der Waals surface area contributed by atoms with E-state index in [-0.39, 0.29) is 29.3 Å². The number of benzene rings is 1. The number of sulfone groups is 1. The quantitative estimate of drug-likeness (QED) is 0.799. The fourth-order valence-corrected chi connectivity index (χ4v) is 2.32. The molecule has 0 heterocycles. The van der Waals surface area contributed by atoms with Crippen LogP contribution in [0.15, 0.2) is 12.1 Å². The third kappa shape index (κ3) is 4.96. The van der Waals surface area contributed by atoms with E-state index in [1.54, 1.807) is 6.92 Å². The second-order valence-corrected chi connectivity index (χ2v) is 6.81. The van der Waals surface area contributed by atoms with Gasteiger partial charge in [0.05, 0.1) is 5.75 Å². The molecular weight excluding hydrogens is 302 g/mol. The Kier molecular flexibility index (Phi) is 6.07. The van der Waals surface area contributed by atoms with Crippen molar-refractivity contribution in [2.45, 2.75) is 13.8 Å². The number of carbonyl (C=O) groups is 1. The zero-order valence-electron chi connectivity index (χ0n) is 11.9. The maximum absolute atomic E-state index is 13.6. The predicted molar refractivity (Wildman–Crippen MR) is 77.2 cm³/mol. The van der Waals surface area contributed by atoms with Gasteiger partial charge in [0.2, 0.25) is 0 Å². The molecule has 0 bridgehead atoms. The van der Waals surface area contributed by atoms with Crippen LogP contribution in [0.3, 0.4) is 0 Å². The van der Waals surface area contributed by atoms with Crippen LogP contribution in [0, 0.1) is 11.6 Å². The topological polar surface area (TPSA) is 75.3 Å². The Balaban J connectivity index is 2.75. The van der Waals surface area contributed by atoms with Gasteiger partial charge in [0, 0.05) is 24.4 Å². The summed E-state index contributed by atoms with van der Waals surface area (Å²) in [5, 5.41) is 4.84. The molecule has 1 aromatic rings. The molecule has 21 heavy (non-hydrogen) atoms. The van der Waals surface area contributed by atoms with E-state index >= 15 is 0 Å². The van der Waals surface area contributed by atoms with Crippen molar-refractivity contribution < 1.29 is 22.0 Å². The maximum atomic E-state index is 13.6. The summed E-state index contributed by atoms with van der Waals surface area (Å²) in [6, 6.07) is 1.81. The van der Waals surface area contributed by atoms with Crippen molar-refractivity contribution in [3.63, 3.8) is 0 Å². The van der Waals surface area contributed by atoms with E-state index in [1.807, 2.05) is 0 Å². The van der Waals surface area contributed by atoms with Gasteiger partial charge in [0.15, 0.2) is 9.84 Å². The second kappa shape index (κ2) is 7.35. The van der Waals surface area contributed by atoms with Gasteiger partial charge < -0.3 is 10.6 Å². The largest absolute Gasteiger partial charge is 0.381 e. The predicted octanol–water partition coefficient (Wildman–Crippen LogP) is 1.56. The van der Waals surface area contributed by atoms with Crippen molar-refractivity contribution >= 4 is 21.4 Å². The minimum Gasteiger partial charge on any atom is -0.381 e. The summed E-state index contributed by atoms with van der Waals surface area (Å²) >= 11 is 0. The van der Waals surface area contributed by atoms with Crippen LogP contribution in [0.25, 0.3) is 0 Å². The van der Waals surface area contributed by atoms with Gasteiger partial charge in [-0.15, -0.1) is 0 Å². The highest BCUT2D eigenvalue weighted by molar-refractivity contribution is 7.91. The Hall–Kier alpha value is -1.70. The monoisotopic (exact) mass is 320 g/mol. The molecule has 0 fully saturated rings. The molecule has 0 spiro atoms. The maximum Gasteiger partial charge on any atom is 0.251 e. The lowest BCUT2D eigenvalue weighted by molar-refractivity contribution is 0.0955. The molecule has 0 saturated heterocycles. The first-order chi connectivity index (χ1) is 9.80.